The molecule has 162 valence electrons. The number of rotatable bonds is 3. The standard InChI is InChI=1S/C20H24N8O2S/c1-2-22-20(29)28-4-3-14-13(11-28)15-16(31-14)18(27-5-7-30-8-6-27)26-17(25-15)12-9-23-19(21)24-10-12/h9-10H,2-8,11H2,1H3,(H,22,29)(H2,21,23,24). The molecular weight excluding hydrogens is 416 g/mol. The Labute approximate surface area is 183 Å². The fourth-order valence-electron chi connectivity index (χ4n) is 3.93. The lowest BCUT2D eigenvalue weighted by molar-refractivity contribution is 0.122. The van der Waals surface area contributed by atoms with Gasteiger partial charge >= 0.3 is 6.03 Å². The number of nitrogens with two attached hydrogens (primary N) is 1. The number of nitrogens with one attached hydrogen (secondary N) is 1. The van der Waals surface area contributed by atoms with Crippen LogP contribution < -0.4 is 16.0 Å². The van der Waals surface area contributed by atoms with Crippen molar-refractivity contribution in [1.82, 2.24) is 30.2 Å². The first kappa shape index (κ1) is 19.9. The summed E-state index contributed by atoms with van der Waals surface area (Å²) in [7, 11) is 0. The van der Waals surface area contributed by atoms with E-state index in [0.29, 0.717) is 44.2 Å². The van der Waals surface area contributed by atoms with Crippen LogP contribution in [0.4, 0.5) is 16.6 Å². The normalized spacial score (nSPS) is 16.4. The van der Waals surface area contributed by atoms with Crippen molar-refractivity contribution >= 4 is 39.4 Å². The van der Waals surface area contributed by atoms with E-state index in [2.05, 4.69) is 20.2 Å². The lowest BCUT2D eigenvalue weighted by Gasteiger charge is -2.28. The number of carbonyl (C=O) groups excluding carboxylic acids is 1. The van der Waals surface area contributed by atoms with Crippen LogP contribution in [0.1, 0.15) is 17.4 Å². The Morgan fingerprint density at radius 2 is 2.00 bits per heavy atom. The number of hydrogen-bond donors (Lipinski definition) is 2. The van der Waals surface area contributed by atoms with Gasteiger partial charge in [0.1, 0.15) is 0 Å². The topological polar surface area (TPSA) is 122 Å². The summed E-state index contributed by atoms with van der Waals surface area (Å²) in [6, 6.07) is -0.0397. The number of aromatic nitrogens is 4. The highest BCUT2D eigenvalue weighted by Crippen LogP contribution is 2.40. The van der Waals surface area contributed by atoms with E-state index in [-0.39, 0.29) is 12.0 Å². The van der Waals surface area contributed by atoms with Crippen molar-refractivity contribution in [3.8, 4) is 11.4 Å². The van der Waals surface area contributed by atoms with E-state index in [4.69, 9.17) is 20.4 Å². The molecule has 1 fully saturated rings. The average Bonchev–Trinajstić information content (AvgIpc) is 3.17. The summed E-state index contributed by atoms with van der Waals surface area (Å²) in [4.78, 5) is 35.8. The van der Waals surface area contributed by atoms with Gasteiger partial charge in [-0.2, -0.15) is 0 Å². The molecular formula is C20H24N8O2S. The molecule has 1 saturated heterocycles. The number of nitrogen functional groups attached to an aromatic ring is 1. The van der Waals surface area contributed by atoms with Gasteiger partial charge in [-0.1, -0.05) is 0 Å². The molecule has 2 aliphatic heterocycles. The SMILES string of the molecule is CCNC(=O)N1CCc2sc3c(N4CCOCC4)nc(-c4cnc(N)nc4)nc3c2C1. The fraction of sp³-hybridized carbons (Fsp3) is 0.450. The Hall–Kier alpha value is -3.05. The van der Waals surface area contributed by atoms with Gasteiger partial charge in [0.05, 0.1) is 35.5 Å². The average molecular weight is 441 g/mol. The molecule has 0 unspecified atom stereocenters. The summed E-state index contributed by atoms with van der Waals surface area (Å²) in [5.41, 5.74) is 8.37. The van der Waals surface area contributed by atoms with Crippen LogP contribution in [0.3, 0.4) is 0 Å². The molecule has 0 aliphatic carbocycles. The molecule has 0 saturated carbocycles. The van der Waals surface area contributed by atoms with Crippen molar-refractivity contribution in [3.63, 3.8) is 0 Å². The molecule has 5 rings (SSSR count). The molecule has 31 heavy (non-hydrogen) atoms. The Bertz CT molecular complexity index is 1110. The monoisotopic (exact) mass is 440 g/mol. The van der Waals surface area contributed by atoms with Gasteiger partial charge in [0.25, 0.3) is 0 Å². The third-order valence-electron chi connectivity index (χ3n) is 5.51. The molecule has 5 heterocycles. The number of carbonyl (C=O) groups is 1. The summed E-state index contributed by atoms with van der Waals surface area (Å²) in [6.45, 7) is 6.66. The summed E-state index contributed by atoms with van der Waals surface area (Å²) in [5, 5.41) is 2.90. The van der Waals surface area contributed by atoms with E-state index in [0.717, 1.165) is 41.1 Å². The maximum Gasteiger partial charge on any atom is 0.317 e. The van der Waals surface area contributed by atoms with Crippen molar-refractivity contribution in [2.24, 2.45) is 0 Å². The minimum atomic E-state index is -0.0397. The number of morpholine rings is 1. The van der Waals surface area contributed by atoms with Gasteiger partial charge in [-0.05, 0) is 13.3 Å². The summed E-state index contributed by atoms with van der Waals surface area (Å²) >= 11 is 1.74. The zero-order chi connectivity index (χ0) is 21.4. The summed E-state index contributed by atoms with van der Waals surface area (Å²) < 4.78 is 6.60. The van der Waals surface area contributed by atoms with Gasteiger partial charge in [0.2, 0.25) is 5.95 Å². The smallest absolute Gasteiger partial charge is 0.317 e. The predicted octanol–water partition coefficient (Wildman–Crippen LogP) is 1.65. The summed E-state index contributed by atoms with van der Waals surface area (Å²) in [5.74, 6) is 1.68. The number of ether oxygens (including phenoxy) is 1. The first-order valence-electron chi connectivity index (χ1n) is 10.4. The van der Waals surface area contributed by atoms with Crippen LogP contribution in [0.15, 0.2) is 12.4 Å². The van der Waals surface area contributed by atoms with E-state index < -0.39 is 0 Å². The minimum Gasteiger partial charge on any atom is -0.378 e. The number of hydrogen-bond acceptors (Lipinski definition) is 9. The van der Waals surface area contributed by atoms with Crippen LogP contribution in [-0.2, 0) is 17.7 Å². The van der Waals surface area contributed by atoms with Crippen LogP contribution in [0.2, 0.25) is 0 Å². The number of nitrogens with zero attached hydrogens (tertiary/aromatic N) is 6. The minimum absolute atomic E-state index is 0.0397. The van der Waals surface area contributed by atoms with Crippen LogP contribution in [0, 0.1) is 0 Å². The van der Waals surface area contributed by atoms with Gasteiger partial charge < -0.3 is 25.6 Å². The van der Waals surface area contributed by atoms with Gasteiger partial charge in [0.15, 0.2) is 11.6 Å². The Morgan fingerprint density at radius 1 is 1.23 bits per heavy atom. The van der Waals surface area contributed by atoms with E-state index in [1.807, 2.05) is 11.8 Å². The van der Waals surface area contributed by atoms with E-state index in [9.17, 15) is 4.79 Å². The maximum absolute atomic E-state index is 12.4. The second-order valence-electron chi connectivity index (χ2n) is 7.49. The number of amides is 2. The quantitative estimate of drug-likeness (QED) is 0.630. The molecule has 0 spiro atoms. The largest absolute Gasteiger partial charge is 0.378 e. The van der Waals surface area contributed by atoms with Crippen LogP contribution in [0.5, 0.6) is 0 Å². The highest BCUT2D eigenvalue weighted by molar-refractivity contribution is 7.19. The zero-order valence-corrected chi connectivity index (χ0v) is 18.1. The number of fused-ring (bicyclic) bond motifs is 3. The second-order valence-corrected chi connectivity index (χ2v) is 8.59. The van der Waals surface area contributed by atoms with Gasteiger partial charge in [0, 0.05) is 49.0 Å². The maximum atomic E-state index is 12.4. The van der Waals surface area contributed by atoms with Crippen molar-refractivity contribution < 1.29 is 9.53 Å². The summed E-state index contributed by atoms with van der Waals surface area (Å²) in [6.07, 6.45) is 4.11. The third kappa shape index (κ3) is 3.74. The molecule has 3 aromatic heterocycles. The first-order chi connectivity index (χ1) is 15.1. The highest BCUT2D eigenvalue weighted by Gasteiger charge is 2.28. The lowest BCUT2D eigenvalue weighted by Crippen LogP contribution is -2.42. The molecule has 0 bridgehead atoms. The lowest BCUT2D eigenvalue weighted by atomic mass is 10.1. The van der Waals surface area contributed by atoms with Gasteiger partial charge in [-0.3, -0.25) is 0 Å². The van der Waals surface area contributed by atoms with Crippen molar-refractivity contribution in [1.29, 1.82) is 0 Å². The van der Waals surface area contributed by atoms with E-state index >= 15 is 0 Å². The zero-order valence-electron chi connectivity index (χ0n) is 17.3. The Balaban J connectivity index is 1.63. The highest BCUT2D eigenvalue weighted by atomic mass is 32.1. The van der Waals surface area contributed by atoms with Crippen LogP contribution in [-0.4, -0.2) is 70.3 Å². The molecule has 0 radical (unpaired) electrons. The second kappa shape index (κ2) is 8.23. The predicted molar refractivity (Wildman–Crippen MR) is 119 cm³/mol. The van der Waals surface area contributed by atoms with Gasteiger partial charge in [-0.15, -0.1) is 11.3 Å². The number of thiophene rings is 1. The van der Waals surface area contributed by atoms with E-state index in [1.165, 1.54) is 4.88 Å². The molecule has 0 aromatic carbocycles. The van der Waals surface area contributed by atoms with Crippen molar-refractivity contribution in [2.75, 3.05) is 50.0 Å². The van der Waals surface area contributed by atoms with Crippen molar-refractivity contribution in [3.05, 3.63) is 22.8 Å². The Morgan fingerprint density at radius 3 is 2.74 bits per heavy atom. The fourth-order valence-corrected chi connectivity index (χ4v) is 5.19. The number of urea groups is 1. The molecule has 11 heteroatoms. The number of anilines is 2. The Kier molecular flexibility index (Phi) is 5.28. The third-order valence-corrected chi connectivity index (χ3v) is 6.79. The van der Waals surface area contributed by atoms with Gasteiger partial charge in [-0.25, -0.2) is 24.7 Å². The molecule has 3 N–H and O–H groups in total. The van der Waals surface area contributed by atoms with Crippen molar-refractivity contribution in [2.45, 2.75) is 19.9 Å². The molecule has 2 aliphatic rings. The molecule has 0 atom stereocenters. The van der Waals surface area contributed by atoms with Crippen LogP contribution >= 0.6 is 11.3 Å². The molecule has 3 aromatic rings. The first-order valence-corrected chi connectivity index (χ1v) is 11.2. The molecule has 2 amide bonds. The molecule has 10 nitrogen and oxygen atoms in total. The van der Waals surface area contributed by atoms with E-state index in [1.54, 1.807) is 23.7 Å². The van der Waals surface area contributed by atoms with Crippen LogP contribution in [0.25, 0.3) is 21.6 Å².